The molecule has 3 rings (SSSR count). The summed E-state index contributed by atoms with van der Waals surface area (Å²) in [6.07, 6.45) is 0.424. The average Bonchev–Trinajstić information content (AvgIpc) is 2.54. The first-order valence-corrected chi connectivity index (χ1v) is 7.88. The number of benzene rings is 2. The van der Waals surface area contributed by atoms with E-state index in [0.717, 1.165) is 28.3 Å². The van der Waals surface area contributed by atoms with Gasteiger partial charge in [-0.2, -0.15) is 0 Å². The molecular weight excluding hydrogens is 290 g/mol. The summed E-state index contributed by atoms with van der Waals surface area (Å²) in [5, 5.41) is 2.95. The number of aryl methyl sites for hydroxylation is 1. The molecule has 4 nitrogen and oxygen atoms in total. The normalized spacial score (nSPS) is 14.2. The quantitative estimate of drug-likeness (QED) is 0.931. The molecule has 1 aliphatic rings. The lowest BCUT2D eigenvalue weighted by atomic mass is 9.97. The highest BCUT2D eigenvalue weighted by Crippen LogP contribution is 2.33. The highest BCUT2D eigenvalue weighted by molar-refractivity contribution is 5.91. The van der Waals surface area contributed by atoms with Crippen molar-refractivity contribution in [2.45, 2.75) is 26.2 Å². The van der Waals surface area contributed by atoms with Gasteiger partial charge in [0.05, 0.1) is 0 Å². The molecule has 2 aromatic carbocycles. The van der Waals surface area contributed by atoms with Gasteiger partial charge in [0.15, 0.2) is 11.5 Å². The van der Waals surface area contributed by atoms with Gasteiger partial charge in [-0.3, -0.25) is 4.79 Å². The Bertz CT molecular complexity index is 712. The van der Waals surface area contributed by atoms with E-state index in [-0.39, 0.29) is 11.8 Å². The number of carbonyl (C=O) groups is 1. The molecule has 1 amide bonds. The lowest BCUT2D eigenvalue weighted by molar-refractivity contribution is -0.116. The number of ether oxygens (including phenoxy) is 2. The summed E-state index contributed by atoms with van der Waals surface area (Å²) in [6.45, 7) is 5.20. The molecule has 2 aromatic rings. The molecule has 0 aromatic heterocycles. The second-order valence-electron chi connectivity index (χ2n) is 5.93. The van der Waals surface area contributed by atoms with Crippen molar-refractivity contribution < 1.29 is 14.3 Å². The third kappa shape index (κ3) is 3.83. The van der Waals surface area contributed by atoms with Crippen LogP contribution < -0.4 is 14.8 Å². The van der Waals surface area contributed by atoms with Gasteiger partial charge in [-0.1, -0.05) is 25.1 Å². The van der Waals surface area contributed by atoms with Crippen molar-refractivity contribution in [3.8, 4) is 11.5 Å². The molecule has 1 atom stereocenters. The Labute approximate surface area is 136 Å². The molecule has 1 N–H and O–H groups in total. The van der Waals surface area contributed by atoms with Crippen LogP contribution in [0.15, 0.2) is 42.5 Å². The summed E-state index contributed by atoms with van der Waals surface area (Å²) >= 11 is 0. The largest absolute Gasteiger partial charge is 0.486 e. The van der Waals surface area contributed by atoms with Gasteiger partial charge in [0.25, 0.3) is 0 Å². The van der Waals surface area contributed by atoms with E-state index in [1.54, 1.807) is 0 Å². The Morgan fingerprint density at radius 3 is 2.70 bits per heavy atom. The molecule has 1 heterocycles. The summed E-state index contributed by atoms with van der Waals surface area (Å²) in [7, 11) is 0. The summed E-state index contributed by atoms with van der Waals surface area (Å²) in [6, 6.07) is 13.7. The van der Waals surface area contributed by atoms with Crippen LogP contribution in [0, 0.1) is 6.92 Å². The van der Waals surface area contributed by atoms with Gasteiger partial charge in [0.1, 0.15) is 13.2 Å². The lowest BCUT2D eigenvalue weighted by Gasteiger charge is -2.20. The van der Waals surface area contributed by atoms with E-state index in [0.29, 0.717) is 19.6 Å². The fourth-order valence-corrected chi connectivity index (χ4v) is 2.70. The molecule has 0 aliphatic carbocycles. The molecule has 1 aliphatic heterocycles. The zero-order valence-corrected chi connectivity index (χ0v) is 13.5. The van der Waals surface area contributed by atoms with Crippen LogP contribution in [0.1, 0.15) is 30.4 Å². The van der Waals surface area contributed by atoms with Crippen LogP contribution in [0.5, 0.6) is 11.5 Å². The van der Waals surface area contributed by atoms with Crippen molar-refractivity contribution in [1.82, 2.24) is 0 Å². The van der Waals surface area contributed by atoms with Gasteiger partial charge in [0, 0.05) is 12.1 Å². The van der Waals surface area contributed by atoms with E-state index in [4.69, 9.17) is 9.47 Å². The number of hydrogen-bond donors (Lipinski definition) is 1. The lowest BCUT2D eigenvalue weighted by Crippen LogP contribution is -2.16. The molecule has 23 heavy (non-hydrogen) atoms. The maximum Gasteiger partial charge on any atom is 0.224 e. The van der Waals surface area contributed by atoms with Gasteiger partial charge in [-0.15, -0.1) is 0 Å². The number of nitrogens with one attached hydrogen (secondary N) is 1. The van der Waals surface area contributed by atoms with Crippen molar-refractivity contribution in [3.05, 3.63) is 53.6 Å². The Hall–Kier alpha value is -2.49. The van der Waals surface area contributed by atoms with E-state index in [1.165, 1.54) is 0 Å². The zero-order valence-electron chi connectivity index (χ0n) is 13.5. The minimum Gasteiger partial charge on any atom is -0.486 e. The molecule has 4 heteroatoms. The summed E-state index contributed by atoms with van der Waals surface area (Å²) in [4.78, 5) is 12.2. The molecular formula is C19H21NO3. The van der Waals surface area contributed by atoms with Crippen molar-refractivity contribution in [2.24, 2.45) is 0 Å². The van der Waals surface area contributed by atoms with Gasteiger partial charge in [0.2, 0.25) is 5.91 Å². The first-order chi connectivity index (χ1) is 11.1. The predicted octanol–water partition coefficient (Wildman–Crippen LogP) is 3.90. The average molecular weight is 311 g/mol. The fraction of sp³-hybridized carbons (Fsp3) is 0.316. The smallest absolute Gasteiger partial charge is 0.224 e. The number of rotatable bonds is 4. The molecule has 0 fully saturated rings. The first kappa shape index (κ1) is 15.4. The monoisotopic (exact) mass is 311 g/mol. The minimum atomic E-state index is 0.0120. The number of hydrogen-bond acceptors (Lipinski definition) is 3. The molecule has 0 spiro atoms. The maximum absolute atomic E-state index is 12.2. The van der Waals surface area contributed by atoms with Crippen molar-refractivity contribution in [2.75, 3.05) is 18.5 Å². The van der Waals surface area contributed by atoms with E-state index in [9.17, 15) is 4.79 Å². The standard InChI is InChI=1S/C19H21NO3/c1-13-4-3-5-16(10-13)20-19(21)11-14(2)15-6-7-17-18(12-15)23-9-8-22-17/h3-7,10,12,14H,8-9,11H2,1-2H3,(H,20,21). The maximum atomic E-state index is 12.2. The first-order valence-electron chi connectivity index (χ1n) is 7.88. The second-order valence-corrected chi connectivity index (χ2v) is 5.93. The Morgan fingerprint density at radius 2 is 1.91 bits per heavy atom. The summed E-state index contributed by atoms with van der Waals surface area (Å²) in [5.41, 5.74) is 3.04. The van der Waals surface area contributed by atoms with Crippen LogP contribution in [0.25, 0.3) is 0 Å². The van der Waals surface area contributed by atoms with Crippen LogP contribution in [0.3, 0.4) is 0 Å². The van der Waals surface area contributed by atoms with Gasteiger partial charge in [-0.05, 0) is 48.2 Å². The van der Waals surface area contributed by atoms with Crippen LogP contribution in [0.4, 0.5) is 5.69 Å². The number of carbonyl (C=O) groups excluding carboxylic acids is 1. The van der Waals surface area contributed by atoms with Crippen molar-refractivity contribution in [3.63, 3.8) is 0 Å². The van der Waals surface area contributed by atoms with Gasteiger partial charge < -0.3 is 14.8 Å². The van der Waals surface area contributed by atoms with Gasteiger partial charge >= 0.3 is 0 Å². The van der Waals surface area contributed by atoms with E-state index in [2.05, 4.69) is 5.32 Å². The van der Waals surface area contributed by atoms with E-state index < -0.39 is 0 Å². The van der Waals surface area contributed by atoms with Crippen LogP contribution in [0.2, 0.25) is 0 Å². The highest BCUT2D eigenvalue weighted by atomic mass is 16.6. The number of anilines is 1. The van der Waals surface area contributed by atoms with Crippen LogP contribution in [-0.2, 0) is 4.79 Å². The third-order valence-electron chi connectivity index (χ3n) is 3.93. The molecule has 0 saturated heterocycles. The summed E-state index contributed by atoms with van der Waals surface area (Å²) < 4.78 is 11.1. The van der Waals surface area contributed by atoms with E-state index in [1.807, 2.05) is 56.3 Å². The zero-order chi connectivity index (χ0) is 16.2. The second kappa shape index (κ2) is 6.73. The predicted molar refractivity (Wildman–Crippen MR) is 90.3 cm³/mol. The van der Waals surface area contributed by atoms with Crippen LogP contribution in [-0.4, -0.2) is 19.1 Å². The van der Waals surface area contributed by atoms with E-state index >= 15 is 0 Å². The molecule has 120 valence electrons. The molecule has 1 unspecified atom stereocenters. The van der Waals surface area contributed by atoms with Crippen molar-refractivity contribution >= 4 is 11.6 Å². The highest BCUT2D eigenvalue weighted by Gasteiger charge is 2.16. The van der Waals surface area contributed by atoms with Gasteiger partial charge in [-0.25, -0.2) is 0 Å². The SMILES string of the molecule is Cc1cccc(NC(=O)CC(C)c2ccc3c(c2)OCCO3)c1. The Balaban J connectivity index is 1.64. The minimum absolute atomic E-state index is 0.0120. The molecule has 0 bridgehead atoms. The Morgan fingerprint density at radius 1 is 1.13 bits per heavy atom. The third-order valence-corrected chi connectivity index (χ3v) is 3.93. The Kier molecular flexibility index (Phi) is 4.51. The van der Waals surface area contributed by atoms with Crippen LogP contribution >= 0.6 is 0 Å². The topological polar surface area (TPSA) is 47.6 Å². The molecule has 0 radical (unpaired) electrons. The number of amides is 1. The number of fused-ring (bicyclic) bond motifs is 1. The molecule has 0 saturated carbocycles. The van der Waals surface area contributed by atoms with Crippen molar-refractivity contribution in [1.29, 1.82) is 0 Å². The summed E-state index contributed by atoms with van der Waals surface area (Å²) in [5.74, 6) is 1.66. The fourth-order valence-electron chi connectivity index (χ4n) is 2.70.